The number of carbonyl (C=O) groups is 2. The highest BCUT2D eigenvalue weighted by Gasteiger charge is 2.30. The van der Waals surface area contributed by atoms with Crippen LogP contribution in [0.25, 0.3) is 10.2 Å². The van der Waals surface area contributed by atoms with E-state index in [0.29, 0.717) is 11.7 Å². The fourth-order valence-electron chi connectivity index (χ4n) is 3.26. The number of nitrogens with zero attached hydrogens (tertiary/aromatic N) is 3. The Morgan fingerprint density at radius 1 is 1.23 bits per heavy atom. The van der Waals surface area contributed by atoms with Crippen molar-refractivity contribution in [1.29, 1.82) is 0 Å². The van der Waals surface area contributed by atoms with Gasteiger partial charge in [0.15, 0.2) is 5.13 Å². The molecule has 0 radical (unpaired) electrons. The number of anilines is 1. The molecule has 10 heteroatoms. The third kappa shape index (κ3) is 3.81. The predicted octanol–water partition coefficient (Wildman–Crippen LogP) is 2.08. The van der Waals surface area contributed by atoms with Crippen LogP contribution in [-0.2, 0) is 14.8 Å². The van der Waals surface area contributed by atoms with Crippen LogP contribution >= 0.6 is 11.3 Å². The lowest BCUT2D eigenvalue weighted by molar-refractivity contribution is -0.122. The maximum atomic E-state index is 13.2. The number of amides is 2. The second kappa shape index (κ2) is 8.13. The van der Waals surface area contributed by atoms with E-state index in [9.17, 15) is 18.0 Å². The van der Waals surface area contributed by atoms with Gasteiger partial charge in [0, 0.05) is 25.2 Å². The fraction of sp³-hybridized carbons (Fsp3) is 0.250. The van der Waals surface area contributed by atoms with Gasteiger partial charge in [0.05, 0.1) is 21.7 Å². The summed E-state index contributed by atoms with van der Waals surface area (Å²) in [6.45, 7) is 2.46. The maximum absolute atomic E-state index is 13.2. The largest absolute Gasteiger partial charge is 0.354 e. The van der Waals surface area contributed by atoms with Crippen LogP contribution in [0.4, 0.5) is 5.13 Å². The van der Waals surface area contributed by atoms with E-state index in [1.54, 1.807) is 6.07 Å². The number of aromatic nitrogens is 1. The van der Waals surface area contributed by atoms with Crippen molar-refractivity contribution in [2.24, 2.45) is 0 Å². The number of nitrogens with one attached hydrogen (secondary N) is 1. The zero-order chi connectivity index (χ0) is 21.3. The molecule has 3 aromatic rings. The molecular weight excluding hydrogens is 424 g/mol. The molecule has 2 heterocycles. The van der Waals surface area contributed by atoms with Crippen molar-refractivity contribution in [2.45, 2.75) is 11.8 Å². The van der Waals surface area contributed by atoms with Crippen LogP contribution in [-0.4, -0.2) is 55.7 Å². The molecule has 8 nitrogen and oxygen atoms in total. The normalized spacial score (nSPS) is 15.2. The lowest BCUT2D eigenvalue weighted by Gasteiger charge is -2.26. The summed E-state index contributed by atoms with van der Waals surface area (Å²) in [7, 11) is -3.88. The van der Waals surface area contributed by atoms with Crippen LogP contribution in [0.2, 0.25) is 0 Å². The molecule has 0 aliphatic carbocycles. The predicted molar refractivity (Wildman–Crippen MR) is 115 cm³/mol. The number of hydrogen-bond donors (Lipinski definition) is 1. The summed E-state index contributed by atoms with van der Waals surface area (Å²) >= 11 is 1.41. The smallest absolute Gasteiger partial charge is 0.260 e. The molecule has 2 aromatic carbocycles. The Morgan fingerprint density at radius 2 is 2.03 bits per heavy atom. The Balaban J connectivity index is 1.65. The zero-order valence-corrected chi connectivity index (χ0v) is 17.9. The van der Waals surface area contributed by atoms with Gasteiger partial charge in [-0.3, -0.25) is 14.5 Å². The van der Waals surface area contributed by atoms with Crippen LogP contribution in [0.1, 0.15) is 17.3 Å². The monoisotopic (exact) mass is 444 g/mol. The van der Waals surface area contributed by atoms with Crippen molar-refractivity contribution in [3.05, 3.63) is 54.1 Å². The number of hydrogen-bond acceptors (Lipinski definition) is 6. The molecule has 1 N–H and O–H groups in total. The summed E-state index contributed by atoms with van der Waals surface area (Å²) in [4.78, 5) is 30.8. The molecule has 4 rings (SSSR count). The third-order valence-electron chi connectivity index (χ3n) is 4.80. The van der Waals surface area contributed by atoms with Crippen molar-refractivity contribution in [1.82, 2.24) is 14.6 Å². The van der Waals surface area contributed by atoms with Gasteiger partial charge in [-0.1, -0.05) is 29.5 Å². The number of carbonyl (C=O) groups excluding carboxylic acids is 2. The molecule has 0 saturated carbocycles. The van der Waals surface area contributed by atoms with Gasteiger partial charge in [0.25, 0.3) is 5.91 Å². The number of para-hydroxylation sites is 1. The second-order valence-electron chi connectivity index (χ2n) is 6.73. The van der Waals surface area contributed by atoms with E-state index in [1.807, 2.05) is 31.2 Å². The molecule has 1 fully saturated rings. The average molecular weight is 445 g/mol. The van der Waals surface area contributed by atoms with Gasteiger partial charge in [0.1, 0.15) is 0 Å². The van der Waals surface area contributed by atoms with Gasteiger partial charge in [-0.05, 0) is 37.3 Å². The van der Waals surface area contributed by atoms with E-state index in [-0.39, 0.29) is 41.9 Å². The van der Waals surface area contributed by atoms with Gasteiger partial charge in [-0.2, -0.15) is 4.31 Å². The molecule has 2 amide bonds. The maximum Gasteiger partial charge on any atom is 0.260 e. The molecule has 1 saturated heterocycles. The Kier molecular flexibility index (Phi) is 5.54. The summed E-state index contributed by atoms with van der Waals surface area (Å²) < 4.78 is 28.0. The average Bonchev–Trinajstić information content (AvgIpc) is 3.18. The highest BCUT2D eigenvalue weighted by atomic mass is 32.2. The van der Waals surface area contributed by atoms with E-state index in [1.165, 1.54) is 34.4 Å². The van der Waals surface area contributed by atoms with Crippen molar-refractivity contribution >= 4 is 48.5 Å². The van der Waals surface area contributed by atoms with Crippen LogP contribution in [0.15, 0.2) is 53.4 Å². The first-order valence-electron chi connectivity index (χ1n) is 9.44. The Morgan fingerprint density at radius 3 is 2.77 bits per heavy atom. The Bertz CT molecular complexity index is 1190. The first-order valence-corrected chi connectivity index (χ1v) is 11.7. The fourth-order valence-corrected chi connectivity index (χ4v) is 5.73. The zero-order valence-electron chi connectivity index (χ0n) is 16.2. The van der Waals surface area contributed by atoms with Crippen molar-refractivity contribution in [3.8, 4) is 0 Å². The number of thiazole rings is 1. The van der Waals surface area contributed by atoms with Crippen molar-refractivity contribution in [2.75, 3.05) is 31.1 Å². The van der Waals surface area contributed by atoms with Crippen LogP contribution in [0.3, 0.4) is 0 Å². The third-order valence-corrected chi connectivity index (χ3v) is 7.70. The van der Waals surface area contributed by atoms with Crippen LogP contribution < -0.4 is 10.2 Å². The molecule has 0 bridgehead atoms. The quantitative estimate of drug-likeness (QED) is 0.650. The molecule has 1 aliphatic rings. The molecule has 0 atom stereocenters. The lowest BCUT2D eigenvalue weighted by atomic mass is 10.2. The molecule has 0 unspecified atom stereocenters. The first-order chi connectivity index (χ1) is 14.4. The number of piperazine rings is 1. The Labute approximate surface area is 178 Å². The molecule has 1 aromatic heterocycles. The molecule has 30 heavy (non-hydrogen) atoms. The van der Waals surface area contributed by atoms with E-state index in [4.69, 9.17) is 0 Å². The minimum Gasteiger partial charge on any atom is -0.354 e. The molecule has 0 spiro atoms. The van der Waals surface area contributed by atoms with Crippen molar-refractivity contribution in [3.63, 3.8) is 0 Å². The molecule has 1 aliphatic heterocycles. The summed E-state index contributed by atoms with van der Waals surface area (Å²) in [5.74, 6) is -0.671. The number of sulfonamides is 1. The standard InChI is InChI=1S/C20H20N4O4S2/c1-2-24(20-22-16-8-3-4-9-17(16)29-20)19(26)14-6-5-7-15(12-14)30(27,28)23-11-10-21-18(25)13-23/h3-9,12H,2,10-11,13H2,1H3,(H,21,25). The van der Waals surface area contributed by atoms with Gasteiger partial charge in [0.2, 0.25) is 15.9 Å². The number of rotatable bonds is 5. The second-order valence-corrected chi connectivity index (χ2v) is 9.68. The van der Waals surface area contributed by atoms with Gasteiger partial charge < -0.3 is 5.32 Å². The van der Waals surface area contributed by atoms with Crippen LogP contribution in [0, 0.1) is 0 Å². The number of benzene rings is 2. The molecule has 156 valence electrons. The lowest BCUT2D eigenvalue weighted by Crippen LogP contribution is -2.49. The number of fused-ring (bicyclic) bond motifs is 1. The summed E-state index contributed by atoms with van der Waals surface area (Å²) in [5, 5.41) is 3.17. The van der Waals surface area contributed by atoms with Crippen LogP contribution in [0.5, 0.6) is 0 Å². The van der Waals surface area contributed by atoms with Gasteiger partial charge in [-0.15, -0.1) is 0 Å². The topological polar surface area (TPSA) is 99.7 Å². The summed E-state index contributed by atoms with van der Waals surface area (Å²) in [6.07, 6.45) is 0. The van der Waals surface area contributed by atoms with Gasteiger partial charge >= 0.3 is 0 Å². The minimum absolute atomic E-state index is 0.0107. The van der Waals surface area contributed by atoms with E-state index < -0.39 is 10.0 Å². The Hall–Kier alpha value is -2.82. The molecular formula is C20H20N4O4S2. The minimum atomic E-state index is -3.88. The van der Waals surface area contributed by atoms with Gasteiger partial charge in [-0.25, -0.2) is 13.4 Å². The highest BCUT2D eigenvalue weighted by molar-refractivity contribution is 7.89. The first kappa shape index (κ1) is 20.5. The van der Waals surface area contributed by atoms with E-state index in [2.05, 4.69) is 10.3 Å². The SMILES string of the molecule is CCN(C(=O)c1cccc(S(=O)(=O)N2CCNC(=O)C2)c1)c1nc2ccccc2s1. The van der Waals surface area contributed by atoms with E-state index >= 15 is 0 Å². The highest BCUT2D eigenvalue weighted by Crippen LogP contribution is 2.29. The summed E-state index contributed by atoms with van der Waals surface area (Å²) in [5.41, 5.74) is 1.06. The summed E-state index contributed by atoms with van der Waals surface area (Å²) in [6, 6.07) is 13.5. The van der Waals surface area contributed by atoms with E-state index in [0.717, 1.165) is 14.5 Å². The van der Waals surface area contributed by atoms with Crippen molar-refractivity contribution < 1.29 is 18.0 Å².